The van der Waals surface area contributed by atoms with Crippen LogP contribution in [0.25, 0.3) is 74.5 Å². The van der Waals surface area contributed by atoms with Crippen molar-refractivity contribution in [3.63, 3.8) is 0 Å². The minimum atomic E-state index is 0.340. The van der Waals surface area contributed by atoms with E-state index >= 15 is 0 Å². The predicted molar refractivity (Wildman–Crippen MR) is 207 cm³/mol. The Morgan fingerprint density at radius 2 is 1.14 bits per heavy atom. The summed E-state index contributed by atoms with van der Waals surface area (Å²) < 4.78 is 9.45. The molecule has 49 heavy (non-hydrogen) atoms. The molecule has 0 aliphatic heterocycles. The van der Waals surface area contributed by atoms with Gasteiger partial charge in [-0.3, -0.25) is 0 Å². The van der Waals surface area contributed by atoms with E-state index in [1.807, 2.05) is 30.3 Å². The number of nitrogens with zero attached hydrogens (tertiary/aromatic N) is 2. The van der Waals surface area contributed by atoms with Crippen molar-refractivity contribution in [1.82, 2.24) is 4.98 Å². The summed E-state index contributed by atoms with van der Waals surface area (Å²) in [4.78, 5) is 7.22. The Labute approximate surface area is 289 Å². The van der Waals surface area contributed by atoms with Crippen molar-refractivity contribution in [3.05, 3.63) is 170 Å². The molecular weight excluding hydrogens is 663 g/mol. The maximum atomic E-state index is 6.53. The average Bonchev–Trinajstić information content (AvgIpc) is 3.78. The second kappa shape index (κ2) is 11.3. The Bertz CT molecular complexity index is 2820. The van der Waals surface area contributed by atoms with Crippen LogP contribution in [-0.4, -0.2) is 19.5 Å². The molecule has 10 rings (SSSR count). The summed E-state index contributed by atoms with van der Waals surface area (Å²) in [6, 6.07) is 60.7. The number of hydrogen-bond acceptors (Lipinski definition) is 3. The van der Waals surface area contributed by atoms with Crippen LogP contribution in [0.1, 0.15) is 0 Å². The van der Waals surface area contributed by atoms with Crippen molar-refractivity contribution in [1.29, 1.82) is 0 Å². The molecule has 0 bridgehead atoms. The van der Waals surface area contributed by atoms with E-state index in [9.17, 15) is 0 Å². The summed E-state index contributed by atoms with van der Waals surface area (Å²) in [5.41, 5.74) is 8.45. The summed E-state index contributed by atoms with van der Waals surface area (Å²) in [5, 5.41) is 7.26. The molecule has 0 unspecified atom stereocenters. The van der Waals surface area contributed by atoms with Crippen LogP contribution in [-0.2, 0) is 0 Å². The molecule has 0 atom stereocenters. The van der Waals surface area contributed by atoms with Gasteiger partial charge in [0.15, 0.2) is 5.58 Å². The van der Waals surface area contributed by atoms with Crippen molar-refractivity contribution in [3.8, 4) is 22.6 Å². The van der Waals surface area contributed by atoms with Crippen LogP contribution in [0.2, 0.25) is 0 Å². The van der Waals surface area contributed by atoms with Gasteiger partial charge in [0, 0.05) is 5.56 Å². The van der Waals surface area contributed by atoms with Crippen LogP contribution in [0.5, 0.6) is 0 Å². The Balaban J connectivity index is 1.13. The van der Waals surface area contributed by atoms with Crippen molar-refractivity contribution in [2.75, 3.05) is 4.90 Å². The number of fused-ring (bicyclic) bond motifs is 8. The topological polar surface area (TPSA) is 29.3 Å². The number of oxazole rings is 1. The van der Waals surface area contributed by atoms with Crippen LogP contribution in [0.15, 0.2) is 174 Å². The van der Waals surface area contributed by atoms with Crippen LogP contribution in [0.3, 0.4) is 0 Å². The first-order valence-electron chi connectivity index (χ1n) is 16.5. The third kappa shape index (κ3) is 4.69. The molecule has 10 aromatic rings. The molecule has 4 heteroatoms. The summed E-state index contributed by atoms with van der Waals surface area (Å²) in [7, 11) is 0. The molecule has 0 N–H and O–H groups in total. The third-order valence-electron chi connectivity index (χ3n) is 9.47. The summed E-state index contributed by atoms with van der Waals surface area (Å²) >= 11 is 0.340. The van der Waals surface area contributed by atoms with Crippen molar-refractivity contribution in [2.45, 2.75) is 0 Å². The fourth-order valence-corrected chi connectivity index (χ4v) is 9.56. The van der Waals surface area contributed by atoms with Gasteiger partial charge in [-0.15, -0.1) is 0 Å². The van der Waals surface area contributed by atoms with Crippen LogP contribution in [0.4, 0.5) is 17.1 Å². The summed E-state index contributed by atoms with van der Waals surface area (Å²) in [6.45, 7) is 0. The third-order valence-corrected chi connectivity index (χ3v) is 11.9. The molecular formula is C45H28N2OSe. The number of aromatic nitrogens is 1. The first kappa shape index (κ1) is 28.1. The number of benzene rings is 8. The number of hydrogen-bond donors (Lipinski definition) is 0. The van der Waals surface area contributed by atoms with E-state index in [-0.39, 0.29) is 0 Å². The summed E-state index contributed by atoms with van der Waals surface area (Å²) in [5.74, 6) is 0.635. The normalized spacial score (nSPS) is 11.7. The quantitative estimate of drug-likeness (QED) is 0.133. The summed E-state index contributed by atoms with van der Waals surface area (Å²) in [6.07, 6.45) is 0. The van der Waals surface area contributed by atoms with E-state index in [0.29, 0.717) is 20.4 Å². The monoisotopic (exact) mass is 692 g/mol. The molecule has 2 aromatic heterocycles. The van der Waals surface area contributed by atoms with Crippen LogP contribution >= 0.6 is 0 Å². The van der Waals surface area contributed by atoms with E-state index in [4.69, 9.17) is 9.40 Å². The molecule has 0 aliphatic rings. The average molecular weight is 692 g/mol. The number of para-hydroxylation sites is 1. The molecule has 0 fully saturated rings. The van der Waals surface area contributed by atoms with Gasteiger partial charge >= 0.3 is 198 Å². The van der Waals surface area contributed by atoms with Crippen molar-refractivity contribution < 1.29 is 4.42 Å². The molecule has 0 aliphatic carbocycles. The first-order valence-corrected chi connectivity index (χ1v) is 18.2. The minimum Gasteiger partial charge on any atom is -0.435 e. The van der Waals surface area contributed by atoms with E-state index in [1.165, 1.54) is 30.4 Å². The smallest absolute Gasteiger partial charge is 0.435 e. The minimum absolute atomic E-state index is 0.340. The number of anilines is 3. The Morgan fingerprint density at radius 3 is 2.00 bits per heavy atom. The standard InChI is InChI=1S/C45H28N2OSe/c1-3-10-32(11-4-1)45-46-39-27-23-31-19-18-30-22-26-35(28-38(30)42(31)44(39)48-45)47(33-12-5-2-6-13-33)34-24-20-29(21-25-34)36-15-9-17-41-43(36)37-14-7-8-16-40(37)49-41/h1-28H. The van der Waals surface area contributed by atoms with E-state index in [2.05, 4.69) is 144 Å². The molecule has 230 valence electrons. The SMILES string of the molecule is c1ccc(-c2nc3ccc4ccc5ccc(N(c6ccccc6)c6ccc(-c7cccc8[se]c9ccccc9c78)cc6)cc5c4c3o2)cc1. The van der Waals surface area contributed by atoms with Gasteiger partial charge < -0.3 is 4.42 Å². The van der Waals surface area contributed by atoms with Crippen LogP contribution < -0.4 is 4.90 Å². The van der Waals surface area contributed by atoms with Gasteiger partial charge in [0.1, 0.15) is 5.52 Å². The van der Waals surface area contributed by atoms with E-state index in [1.54, 1.807) is 0 Å². The Kier molecular flexibility index (Phi) is 6.51. The molecule has 0 radical (unpaired) electrons. The molecule has 8 aromatic carbocycles. The Hall–Kier alpha value is -5.93. The molecule has 0 spiro atoms. The van der Waals surface area contributed by atoms with Gasteiger partial charge in [-0.25, -0.2) is 4.98 Å². The molecule has 3 nitrogen and oxygen atoms in total. The van der Waals surface area contributed by atoms with E-state index < -0.39 is 0 Å². The molecule has 0 saturated heterocycles. The van der Waals surface area contributed by atoms with Gasteiger partial charge in [-0.2, -0.15) is 0 Å². The van der Waals surface area contributed by atoms with Gasteiger partial charge in [0.05, 0.1) is 0 Å². The predicted octanol–water partition coefficient (Wildman–Crippen LogP) is 12.3. The molecule has 0 amide bonds. The van der Waals surface area contributed by atoms with Gasteiger partial charge in [0.2, 0.25) is 5.89 Å². The first-order chi connectivity index (χ1) is 24.3. The number of rotatable bonds is 5. The Morgan fingerprint density at radius 1 is 0.469 bits per heavy atom. The van der Waals surface area contributed by atoms with Gasteiger partial charge in [-0.05, 0) is 23.6 Å². The van der Waals surface area contributed by atoms with Crippen molar-refractivity contribution >= 4 is 83.5 Å². The fourth-order valence-electron chi connectivity index (χ4n) is 7.18. The van der Waals surface area contributed by atoms with E-state index in [0.717, 1.165) is 55.3 Å². The zero-order valence-electron chi connectivity index (χ0n) is 26.4. The molecule has 2 heterocycles. The van der Waals surface area contributed by atoms with Gasteiger partial charge in [-0.1, -0.05) is 36.4 Å². The zero-order valence-corrected chi connectivity index (χ0v) is 28.1. The molecule has 0 saturated carbocycles. The van der Waals surface area contributed by atoms with Crippen molar-refractivity contribution in [2.24, 2.45) is 0 Å². The second-order valence-corrected chi connectivity index (χ2v) is 14.6. The zero-order chi connectivity index (χ0) is 32.3. The van der Waals surface area contributed by atoms with Crippen LogP contribution in [0, 0.1) is 0 Å². The second-order valence-electron chi connectivity index (χ2n) is 12.4. The maximum absolute atomic E-state index is 6.53. The fraction of sp³-hybridized carbons (Fsp3) is 0. The van der Waals surface area contributed by atoms with Gasteiger partial charge in [0.25, 0.3) is 0 Å².